The van der Waals surface area contributed by atoms with Crippen LogP contribution in [0.1, 0.15) is 20.8 Å². The largest absolute Gasteiger partial charge is 0.497 e. The van der Waals surface area contributed by atoms with E-state index in [2.05, 4.69) is 29.3 Å². The highest BCUT2D eigenvalue weighted by Crippen LogP contribution is 2.34. The lowest BCUT2D eigenvalue weighted by molar-refractivity contribution is 0.0997. The molecule has 0 fully saturated rings. The molecule has 1 aliphatic rings. The van der Waals surface area contributed by atoms with Gasteiger partial charge in [0.15, 0.2) is 4.80 Å². The maximum absolute atomic E-state index is 12.6. The fraction of sp³-hybridized carbons (Fsp3) is 0.200. The number of fused-ring (bicyclic) bond motifs is 3. The van der Waals surface area contributed by atoms with Crippen LogP contribution < -0.4 is 9.54 Å². The molecule has 0 bridgehead atoms. The zero-order chi connectivity index (χ0) is 17.4. The first-order valence-corrected chi connectivity index (χ1v) is 8.99. The van der Waals surface area contributed by atoms with Gasteiger partial charge in [0.2, 0.25) is 0 Å². The smallest absolute Gasteiger partial charge is 0.279 e. The van der Waals surface area contributed by atoms with E-state index in [-0.39, 0.29) is 5.91 Å². The molecule has 1 amide bonds. The summed E-state index contributed by atoms with van der Waals surface area (Å²) in [5.74, 6) is 0.409. The molecule has 0 N–H and O–H groups in total. The average molecular weight is 350 g/mol. The Balaban J connectivity index is 1.79. The number of benzene rings is 2. The number of ether oxygens (including phenoxy) is 1. The Morgan fingerprint density at radius 1 is 1.16 bits per heavy atom. The van der Waals surface area contributed by atoms with Crippen LogP contribution in [0.5, 0.6) is 5.75 Å². The first kappa shape index (κ1) is 15.8. The van der Waals surface area contributed by atoms with Crippen LogP contribution in [0.25, 0.3) is 11.3 Å². The molecule has 0 spiro atoms. The van der Waals surface area contributed by atoms with E-state index < -0.39 is 0 Å². The SMILES string of the molecule is COc1cccc(C(=O)N=c2sc3c(n2C)-c2ccccc2CC3)c1. The second kappa shape index (κ2) is 6.33. The molecular formula is C20H18N2O2S. The maximum atomic E-state index is 12.6. The molecule has 4 rings (SSSR count). The van der Waals surface area contributed by atoms with Crippen molar-refractivity contribution in [2.75, 3.05) is 7.11 Å². The number of carbonyl (C=O) groups is 1. The normalized spacial score (nSPS) is 13.3. The van der Waals surface area contributed by atoms with Gasteiger partial charge in [0.25, 0.3) is 5.91 Å². The molecule has 0 saturated carbocycles. The Bertz CT molecular complexity index is 1030. The summed E-state index contributed by atoms with van der Waals surface area (Å²) in [6.07, 6.45) is 2.03. The van der Waals surface area contributed by atoms with Crippen LogP contribution in [-0.4, -0.2) is 17.6 Å². The fourth-order valence-electron chi connectivity index (χ4n) is 3.23. The zero-order valence-corrected chi connectivity index (χ0v) is 15.0. The van der Waals surface area contributed by atoms with Gasteiger partial charge in [-0.1, -0.05) is 30.3 Å². The third-order valence-corrected chi connectivity index (χ3v) is 5.70. The molecule has 1 heterocycles. The Kier molecular flexibility index (Phi) is 4.01. The standard InChI is InChI=1S/C20H18N2O2S/c1-22-18-16-9-4-3-6-13(16)10-11-17(18)25-20(22)21-19(23)14-7-5-8-15(12-14)24-2/h3-9,12H,10-11H2,1-2H3. The quantitative estimate of drug-likeness (QED) is 0.709. The molecule has 0 aliphatic heterocycles. The summed E-state index contributed by atoms with van der Waals surface area (Å²) in [6, 6.07) is 15.6. The van der Waals surface area contributed by atoms with Crippen LogP contribution >= 0.6 is 11.3 Å². The highest BCUT2D eigenvalue weighted by molar-refractivity contribution is 7.09. The highest BCUT2D eigenvalue weighted by Gasteiger charge is 2.21. The molecule has 5 heteroatoms. The Morgan fingerprint density at radius 3 is 2.84 bits per heavy atom. The molecular weight excluding hydrogens is 332 g/mol. The van der Waals surface area contributed by atoms with Gasteiger partial charge in [-0.25, -0.2) is 0 Å². The van der Waals surface area contributed by atoms with Crippen molar-refractivity contribution < 1.29 is 9.53 Å². The van der Waals surface area contributed by atoms with Gasteiger partial charge in [-0.3, -0.25) is 4.79 Å². The van der Waals surface area contributed by atoms with Crippen molar-refractivity contribution in [1.82, 2.24) is 4.57 Å². The maximum Gasteiger partial charge on any atom is 0.279 e. The number of methoxy groups -OCH3 is 1. The molecule has 126 valence electrons. The molecule has 4 nitrogen and oxygen atoms in total. The van der Waals surface area contributed by atoms with E-state index in [9.17, 15) is 4.79 Å². The number of rotatable bonds is 2. The summed E-state index contributed by atoms with van der Waals surface area (Å²) in [6.45, 7) is 0. The van der Waals surface area contributed by atoms with E-state index in [0.717, 1.165) is 17.6 Å². The van der Waals surface area contributed by atoms with Crippen molar-refractivity contribution in [3.8, 4) is 17.0 Å². The third-order valence-electron chi connectivity index (χ3n) is 4.51. The van der Waals surface area contributed by atoms with E-state index in [0.29, 0.717) is 11.3 Å². The van der Waals surface area contributed by atoms with Crippen LogP contribution in [0.3, 0.4) is 0 Å². The van der Waals surface area contributed by atoms with Crippen molar-refractivity contribution in [2.45, 2.75) is 12.8 Å². The minimum absolute atomic E-state index is 0.249. The van der Waals surface area contributed by atoms with Crippen molar-refractivity contribution in [3.63, 3.8) is 0 Å². The number of nitrogens with zero attached hydrogens (tertiary/aromatic N) is 2. The summed E-state index contributed by atoms with van der Waals surface area (Å²) < 4.78 is 7.23. The van der Waals surface area contributed by atoms with Crippen molar-refractivity contribution in [1.29, 1.82) is 0 Å². The van der Waals surface area contributed by atoms with Crippen LogP contribution in [0, 0.1) is 0 Å². The molecule has 0 unspecified atom stereocenters. The lowest BCUT2D eigenvalue weighted by Crippen LogP contribution is -2.15. The minimum atomic E-state index is -0.249. The number of aromatic nitrogens is 1. The Morgan fingerprint density at radius 2 is 2.00 bits per heavy atom. The van der Waals surface area contributed by atoms with Gasteiger partial charge in [0.05, 0.1) is 12.8 Å². The van der Waals surface area contributed by atoms with Gasteiger partial charge in [-0.2, -0.15) is 4.99 Å². The number of thiazole rings is 1. The Labute approximate surface area is 150 Å². The van der Waals surface area contributed by atoms with E-state index in [1.165, 1.54) is 21.7 Å². The number of hydrogen-bond acceptors (Lipinski definition) is 3. The van der Waals surface area contributed by atoms with E-state index in [4.69, 9.17) is 4.74 Å². The van der Waals surface area contributed by atoms with Gasteiger partial charge in [0, 0.05) is 23.1 Å². The van der Waals surface area contributed by atoms with Crippen LogP contribution in [0.2, 0.25) is 0 Å². The number of hydrogen-bond donors (Lipinski definition) is 0. The van der Waals surface area contributed by atoms with Crippen molar-refractivity contribution >= 4 is 17.2 Å². The van der Waals surface area contributed by atoms with Gasteiger partial charge >= 0.3 is 0 Å². The number of aryl methyl sites for hydroxylation is 2. The molecule has 25 heavy (non-hydrogen) atoms. The minimum Gasteiger partial charge on any atom is -0.497 e. The molecule has 1 aromatic heterocycles. The monoisotopic (exact) mass is 350 g/mol. The second-order valence-electron chi connectivity index (χ2n) is 6.02. The number of amides is 1. The predicted molar refractivity (Wildman–Crippen MR) is 99.0 cm³/mol. The topological polar surface area (TPSA) is 43.6 Å². The molecule has 0 atom stereocenters. The van der Waals surface area contributed by atoms with E-state index in [1.54, 1.807) is 36.6 Å². The van der Waals surface area contributed by atoms with Gasteiger partial charge < -0.3 is 9.30 Å². The van der Waals surface area contributed by atoms with Gasteiger partial charge in [-0.05, 0) is 36.6 Å². The summed E-state index contributed by atoms with van der Waals surface area (Å²) in [4.78, 5) is 19.0. The molecule has 1 aliphatic carbocycles. The first-order valence-electron chi connectivity index (χ1n) is 8.17. The lowest BCUT2D eigenvalue weighted by Gasteiger charge is -2.16. The first-order chi connectivity index (χ1) is 12.2. The lowest BCUT2D eigenvalue weighted by atomic mass is 9.93. The van der Waals surface area contributed by atoms with Gasteiger partial charge in [-0.15, -0.1) is 11.3 Å². The Hall–Kier alpha value is -2.66. The number of carbonyl (C=O) groups excluding carboxylic acids is 1. The van der Waals surface area contributed by atoms with Crippen LogP contribution in [0.4, 0.5) is 0 Å². The van der Waals surface area contributed by atoms with Crippen molar-refractivity contribution in [3.05, 3.63) is 69.3 Å². The van der Waals surface area contributed by atoms with Crippen LogP contribution in [-0.2, 0) is 19.9 Å². The molecule has 3 aromatic rings. The highest BCUT2D eigenvalue weighted by atomic mass is 32.1. The summed E-state index contributed by atoms with van der Waals surface area (Å²) in [5, 5.41) is 0. The third kappa shape index (κ3) is 2.81. The predicted octanol–water partition coefficient (Wildman–Crippen LogP) is 3.60. The van der Waals surface area contributed by atoms with E-state index in [1.807, 2.05) is 17.7 Å². The summed E-state index contributed by atoms with van der Waals surface area (Å²) in [7, 11) is 3.57. The second-order valence-corrected chi connectivity index (χ2v) is 7.08. The zero-order valence-electron chi connectivity index (χ0n) is 14.2. The van der Waals surface area contributed by atoms with Crippen molar-refractivity contribution in [2.24, 2.45) is 12.0 Å². The van der Waals surface area contributed by atoms with Gasteiger partial charge in [0.1, 0.15) is 5.75 Å². The summed E-state index contributed by atoms with van der Waals surface area (Å²) in [5.41, 5.74) is 4.32. The fourth-order valence-corrected chi connectivity index (χ4v) is 4.36. The molecule has 0 saturated heterocycles. The average Bonchev–Trinajstić information content (AvgIpc) is 2.98. The molecule has 0 radical (unpaired) electrons. The van der Waals surface area contributed by atoms with Crippen LogP contribution in [0.15, 0.2) is 53.5 Å². The summed E-state index contributed by atoms with van der Waals surface area (Å²) >= 11 is 1.60. The molecule has 2 aromatic carbocycles. The van der Waals surface area contributed by atoms with E-state index >= 15 is 0 Å².